The second-order valence-corrected chi connectivity index (χ2v) is 4.13. The van der Waals surface area contributed by atoms with E-state index in [1.54, 1.807) is 0 Å². The largest absolute Gasteiger partial charge is 0.480 e. The number of carboxylic acids is 1. The summed E-state index contributed by atoms with van der Waals surface area (Å²) in [5.74, 6) is -2.54. The summed E-state index contributed by atoms with van der Waals surface area (Å²) < 4.78 is 5.19. The van der Waals surface area contributed by atoms with E-state index in [1.165, 1.54) is 0 Å². The van der Waals surface area contributed by atoms with Crippen LogP contribution in [0.15, 0.2) is 0 Å². The average molecular weight is 244 g/mol. The molecule has 3 unspecified atom stereocenters. The maximum absolute atomic E-state index is 11.7. The van der Waals surface area contributed by atoms with Gasteiger partial charge >= 0.3 is 5.97 Å². The van der Waals surface area contributed by atoms with Gasteiger partial charge < -0.3 is 20.9 Å². The Morgan fingerprint density at radius 1 is 1.53 bits per heavy atom. The Morgan fingerprint density at radius 2 is 2.18 bits per heavy atom. The maximum atomic E-state index is 11.7. The number of carboxylic acid groups (broad SMARTS) is 1. The van der Waals surface area contributed by atoms with Gasteiger partial charge in [-0.2, -0.15) is 0 Å². The SMILES string of the molecule is CC1CCOC1C(=O)NC(CC(N)=O)C(=O)O. The number of hydrogen-bond acceptors (Lipinski definition) is 4. The summed E-state index contributed by atoms with van der Waals surface area (Å²) >= 11 is 0. The van der Waals surface area contributed by atoms with Gasteiger partial charge in [-0.15, -0.1) is 0 Å². The zero-order chi connectivity index (χ0) is 13.0. The predicted octanol–water partition coefficient (Wildman–Crippen LogP) is -1.14. The number of primary amides is 1. The first-order chi connectivity index (χ1) is 7.91. The molecule has 1 aliphatic rings. The van der Waals surface area contributed by atoms with E-state index < -0.39 is 36.4 Å². The van der Waals surface area contributed by atoms with Crippen molar-refractivity contribution in [3.63, 3.8) is 0 Å². The number of aliphatic carboxylic acids is 1. The fraction of sp³-hybridized carbons (Fsp3) is 0.700. The monoisotopic (exact) mass is 244 g/mol. The van der Waals surface area contributed by atoms with Crippen LogP contribution in [-0.4, -0.2) is 41.6 Å². The van der Waals surface area contributed by atoms with Crippen molar-refractivity contribution in [2.24, 2.45) is 11.7 Å². The number of carbonyl (C=O) groups excluding carboxylic acids is 2. The van der Waals surface area contributed by atoms with Gasteiger partial charge in [-0.3, -0.25) is 9.59 Å². The van der Waals surface area contributed by atoms with Gasteiger partial charge in [0.2, 0.25) is 11.8 Å². The molecule has 0 spiro atoms. The summed E-state index contributed by atoms with van der Waals surface area (Å²) in [6.45, 7) is 2.33. The molecule has 7 heteroatoms. The number of hydrogen-bond donors (Lipinski definition) is 3. The Hall–Kier alpha value is -1.63. The Labute approximate surface area is 98.3 Å². The van der Waals surface area contributed by atoms with Gasteiger partial charge in [-0.1, -0.05) is 6.92 Å². The smallest absolute Gasteiger partial charge is 0.326 e. The minimum atomic E-state index is -1.30. The third kappa shape index (κ3) is 3.70. The van der Waals surface area contributed by atoms with Crippen molar-refractivity contribution < 1.29 is 24.2 Å². The summed E-state index contributed by atoms with van der Waals surface area (Å²) in [4.78, 5) is 33.2. The molecule has 3 atom stereocenters. The van der Waals surface area contributed by atoms with Crippen LogP contribution in [0, 0.1) is 5.92 Å². The molecule has 0 saturated carbocycles. The van der Waals surface area contributed by atoms with Gasteiger partial charge in [0, 0.05) is 6.61 Å². The van der Waals surface area contributed by atoms with Crippen molar-refractivity contribution in [1.29, 1.82) is 0 Å². The van der Waals surface area contributed by atoms with Gasteiger partial charge in [-0.25, -0.2) is 4.79 Å². The van der Waals surface area contributed by atoms with Crippen molar-refractivity contribution in [2.75, 3.05) is 6.61 Å². The van der Waals surface area contributed by atoms with Crippen molar-refractivity contribution in [2.45, 2.75) is 31.9 Å². The van der Waals surface area contributed by atoms with E-state index in [4.69, 9.17) is 15.6 Å². The summed E-state index contributed by atoms with van der Waals surface area (Å²) in [6, 6.07) is -1.30. The first-order valence-corrected chi connectivity index (χ1v) is 5.35. The zero-order valence-corrected chi connectivity index (χ0v) is 9.51. The Bertz CT molecular complexity index is 331. The summed E-state index contributed by atoms with van der Waals surface area (Å²) in [7, 11) is 0. The number of rotatable bonds is 5. The first-order valence-electron chi connectivity index (χ1n) is 5.35. The zero-order valence-electron chi connectivity index (χ0n) is 9.51. The van der Waals surface area contributed by atoms with Crippen LogP contribution in [-0.2, 0) is 19.1 Å². The lowest BCUT2D eigenvalue weighted by molar-refractivity contribution is -0.145. The predicted molar refractivity (Wildman–Crippen MR) is 56.9 cm³/mol. The third-order valence-corrected chi connectivity index (χ3v) is 2.67. The summed E-state index contributed by atoms with van der Waals surface area (Å²) in [5, 5.41) is 11.1. The molecule has 17 heavy (non-hydrogen) atoms. The lowest BCUT2D eigenvalue weighted by atomic mass is 10.0. The lowest BCUT2D eigenvalue weighted by Crippen LogP contribution is -2.48. The topological polar surface area (TPSA) is 119 Å². The Kier molecular flexibility index (Phi) is 4.45. The van der Waals surface area contributed by atoms with Crippen molar-refractivity contribution in [3.05, 3.63) is 0 Å². The van der Waals surface area contributed by atoms with E-state index in [1.807, 2.05) is 6.92 Å². The second-order valence-electron chi connectivity index (χ2n) is 4.13. The minimum absolute atomic E-state index is 0.0398. The lowest BCUT2D eigenvalue weighted by Gasteiger charge is -2.18. The van der Waals surface area contributed by atoms with Gasteiger partial charge in [0.05, 0.1) is 6.42 Å². The Morgan fingerprint density at radius 3 is 2.59 bits per heavy atom. The van der Waals surface area contributed by atoms with Crippen molar-refractivity contribution >= 4 is 17.8 Å². The number of ether oxygens (including phenoxy) is 1. The van der Waals surface area contributed by atoms with Gasteiger partial charge in [0.15, 0.2) is 0 Å². The van der Waals surface area contributed by atoms with Crippen LogP contribution < -0.4 is 11.1 Å². The maximum Gasteiger partial charge on any atom is 0.326 e. The van der Waals surface area contributed by atoms with Gasteiger partial charge in [-0.05, 0) is 12.3 Å². The molecule has 0 radical (unpaired) electrons. The molecule has 96 valence electrons. The molecule has 0 aromatic heterocycles. The van der Waals surface area contributed by atoms with Crippen LogP contribution in [0.2, 0.25) is 0 Å². The number of nitrogens with two attached hydrogens (primary N) is 1. The fourth-order valence-electron chi connectivity index (χ4n) is 1.69. The molecule has 4 N–H and O–H groups in total. The standard InChI is InChI=1S/C10H16N2O5/c1-5-2-3-17-8(5)9(14)12-6(10(15)16)4-7(11)13/h5-6,8H,2-4H2,1H3,(H2,11,13)(H,12,14)(H,15,16). The highest BCUT2D eigenvalue weighted by Crippen LogP contribution is 2.20. The van der Waals surface area contributed by atoms with E-state index >= 15 is 0 Å². The number of carbonyl (C=O) groups is 3. The van der Waals surface area contributed by atoms with E-state index in [-0.39, 0.29) is 5.92 Å². The highest BCUT2D eigenvalue weighted by atomic mass is 16.5. The van der Waals surface area contributed by atoms with E-state index in [0.29, 0.717) is 6.61 Å². The molecular formula is C10H16N2O5. The molecule has 2 amide bonds. The van der Waals surface area contributed by atoms with Crippen LogP contribution in [0.5, 0.6) is 0 Å². The molecule has 7 nitrogen and oxygen atoms in total. The molecule has 1 aliphatic heterocycles. The molecule has 1 rings (SSSR count). The molecule has 1 fully saturated rings. The van der Waals surface area contributed by atoms with Crippen LogP contribution in [0.25, 0.3) is 0 Å². The highest BCUT2D eigenvalue weighted by molar-refractivity contribution is 5.89. The molecule has 1 heterocycles. The van der Waals surface area contributed by atoms with E-state index in [0.717, 1.165) is 6.42 Å². The fourth-order valence-corrected chi connectivity index (χ4v) is 1.69. The molecular weight excluding hydrogens is 228 g/mol. The van der Waals surface area contributed by atoms with Crippen LogP contribution in [0.4, 0.5) is 0 Å². The van der Waals surface area contributed by atoms with Gasteiger partial charge in [0.1, 0.15) is 12.1 Å². The van der Waals surface area contributed by atoms with E-state index in [2.05, 4.69) is 5.32 Å². The Balaban J connectivity index is 2.57. The third-order valence-electron chi connectivity index (χ3n) is 2.67. The molecule has 0 bridgehead atoms. The van der Waals surface area contributed by atoms with Crippen LogP contribution >= 0.6 is 0 Å². The number of amides is 2. The minimum Gasteiger partial charge on any atom is -0.480 e. The van der Waals surface area contributed by atoms with Gasteiger partial charge in [0.25, 0.3) is 0 Å². The molecule has 0 aromatic rings. The first kappa shape index (κ1) is 13.4. The molecule has 0 aliphatic carbocycles. The summed E-state index contributed by atoms with van der Waals surface area (Å²) in [6.07, 6.45) is -0.321. The van der Waals surface area contributed by atoms with Crippen LogP contribution in [0.3, 0.4) is 0 Å². The summed E-state index contributed by atoms with van der Waals surface area (Å²) in [5.41, 5.74) is 4.90. The molecule has 0 aromatic carbocycles. The quantitative estimate of drug-likeness (QED) is 0.564. The highest BCUT2D eigenvalue weighted by Gasteiger charge is 2.33. The van der Waals surface area contributed by atoms with Crippen molar-refractivity contribution in [3.8, 4) is 0 Å². The average Bonchev–Trinajstić information content (AvgIpc) is 2.62. The normalized spacial score (nSPS) is 25.2. The number of nitrogens with one attached hydrogen (secondary N) is 1. The van der Waals surface area contributed by atoms with Crippen LogP contribution in [0.1, 0.15) is 19.8 Å². The van der Waals surface area contributed by atoms with E-state index in [9.17, 15) is 14.4 Å². The molecule has 1 saturated heterocycles. The second kappa shape index (κ2) is 5.62. The van der Waals surface area contributed by atoms with Crippen molar-refractivity contribution in [1.82, 2.24) is 5.32 Å².